The number of aryl methyl sites for hydroxylation is 1. The van der Waals surface area contributed by atoms with Crippen molar-refractivity contribution < 1.29 is 9.50 Å². The minimum absolute atomic E-state index is 0.174. The van der Waals surface area contributed by atoms with Gasteiger partial charge in [-0.1, -0.05) is 35.9 Å². The van der Waals surface area contributed by atoms with Gasteiger partial charge in [-0.25, -0.2) is 4.39 Å². The SMILES string of the molecule is Cc1ccc2c(c1)C(N1CCN(CCO)CC1)CC2c1ccc(F)cc1. The molecule has 1 aliphatic heterocycles. The maximum Gasteiger partial charge on any atom is 0.123 e. The van der Waals surface area contributed by atoms with E-state index in [4.69, 9.17) is 5.11 Å². The van der Waals surface area contributed by atoms with E-state index in [0.29, 0.717) is 12.0 Å². The highest BCUT2D eigenvalue weighted by molar-refractivity contribution is 5.46. The van der Waals surface area contributed by atoms with Gasteiger partial charge in [-0.15, -0.1) is 0 Å². The van der Waals surface area contributed by atoms with Crippen molar-refractivity contribution in [2.75, 3.05) is 39.3 Å². The number of hydrogen-bond acceptors (Lipinski definition) is 3. The van der Waals surface area contributed by atoms with E-state index in [1.165, 1.54) is 22.3 Å². The zero-order chi connectivity index (χ0) is 18.1. The van der Waals surface area contributed by atoms with Crippen molar-refractivity contribution in [1.82, 2.24) is 9.80 Å². The first-order valence-corrected chi connectivity index (χ1v) is 9.59. The molecule has 26 heavy (non-hydrogen) atoms. The molecule has 0 saturated carbocycles. The van der Waals surface area contributed by atoms with Crippen molar-refractivity contribution in [2.24, 2.45) is 0 Å². The molecule has 2 atom stereocenters. The van der Waals surface area contributed by atoms with Crippen LogP contribution in [-0.4, -0.2) is 54.2 Å². The molecular formula is C22H27FN2O. The predicted molar refractivity (Wildman–Crippen MR) is 102 cm³/mol. The summed E-state index contributed by atoms with van der Waals surface area (Å²) in [6, 6.07) is 14.2. The molecule has 1 fully saturated rings. The minimum Gasteiger partial charge on any atom is -0.395 e. The fourth-order valence-electron chi connectivity index (χ4n) is 4.57. The summed E-state index contributed by atoms with van der Waals surface area (Å²) < 4.78 is 13.4. The lowest BCUT2D eigenvalue weighted by atomic mass is 9.92. The number of aliphatic hydroxyl groups is 1. The van der Waals surface area contributed by atoms with Gasteiger partial charge in [0.25, 0.3) is 0 Å². The molecule has 2 unspecified atom stereocenters. The number of hydrogen-bond donors (Lipinski definition) is 1. The highest BCUT2D eigenvalue weighted by atomic mass is 19.1. The lowest BCUT2D eigenvalue weighted by Crippen LogP contribution is -2.48. The van der Waals surface area contributed by atoms with Gasteiger partial charge < -0.3 is 5.11 Å². The van der Waals surface area contributed by atoms with Crippen LogP contribution < -0.4 is 0 Å². The van der Waals surface area contributed by atoms with Crippen LogP contribution in [0.4, 0.5) is 4.39 Å². The average Bonchev–Trinajstić information content (AvgIpc) is 3.02. The van der Waals surface area contributed by atoms with Crippen LogP contribution in [0.25, 0.3) is 0 Å². The standard InChI is InChI=1S/C22H27FN2O/c1-16-2-7-19-20(17-3-5-18(23)6-4-17)15-22(21(19)14-16)25-10-8-24(9-11-25)12-13-26/h2-7,14,20,22,26H,8-13,15H2,1H3. The zero-order valence-corrected chi connectivity index (χ0v) is 15.4. The lowest BCUT2D eigenvalue weighted by molar-refractivity contribution is 0.0827. The van der Waals surface area contributed by atoms with Crippen LogP contribution in [0.2, 0.25) is 0 Å². The minimum atomic E-state index is -0.174. The van der Waals surface area contributed by atoms with Crippen molar-refractivity contribution >= 4 is 0 Å². The van der Waals surface area contributed by atoms with Crippen molar-refractivity contribution in [3.8, 4) is 0 Å². The molecular weight excluding hydrogens is 327 g/mol. The molecule has 4 rings (SSSR count). The van der Waals surface area contributed by atoms with Gasteiger partial charge >= 0.3 is 0 Å². The maximum absolute atomic E-state index is 13.4. The molecule has 1 aliphatic carbocycles. The topological polar surface area (TPSA) is 26.7 Å². The van der Waals surface area contributed by atoms with Gasteiger partial charge in [0.15, 0.2) is 0 Å². The van der Waals surface area contributed by atoms with E-state index in [-0.39, 0.29) is 12.4 Å². The molecule has 0 amide bonds. The van der Waals surface area contributed by atoms with E-state index in [2.05, 4.69) is 34.9 Å². The Balaban J connectivity index is 1.59. The van der Waals surface area contributed by atoms with E-state index in [0.717, 1.165) is 39.1 Å². The molecule has 0 bridgehead atoms. The van der Waals surface area contributed by atoms with Crippen LogP contribution >= 0.6 is 0 Å². The van der Waals surface area contributed by atoms with E-state index in [1.807, 2.05) is 12.1 Å². The number of halogens is 1. The fourth-order valence-corrected chi connectivity index (χ4v) is 4.57. The Morgan fingerprint density at radius 1 is 1.00 bits per heavy atom. The molecule has 2 aliphatic rings. The van der Waals surface area contributed by atoms with E-state index < -0.39 is 0 Å². The average molecular weight is 354 g/mol. The van der Waals surface area contributed by atoms with E-state index in [9.17, 15) is 4.39 Å². The zero-order valence-electron chi connectivity index (χ0n) is 15.4. The Morgan fingerprint density at radius 2 is 1.73 bits per heavy atom. The Kier molecular flexibility index (Phi) is 5.07. The summed E-state index contributed by atoms with van der Waals surface area (Å²) in [5.74, 6) is 0.166. The van der Waals surface area contributed by atoms with Gasteiger partial charge in [-0.3, -0.25) is 9.80 Å². The monoisotopic (exact) mass is 354 g/mol. The molecule has 138 valence electrons. The Bertz CT molecular complexity index is 753. The first kappa shape index (κ1) is 17.7. The second-order valence-electron chi connectivity index (χ2n) is 7.59. The molecule has 1 saturated heterocycles. The van der Waals surface area contributed by atoms with Gasteiger partial charge in [0, 0.05) is 44.7 Å². The quantitative estimate of drug-likeness (QED) is 0.912. The smallest absolute Gasteiger partial charge is 0.123 e. The summed E-state index contributed by atoms with van der Waals surface area (Å²) in [6.45, 7) is 7.26. The molecule has 2 aromatic carbocycles. The van der Waals surface area contributed by atoms with Crippen LogP contribution in [-0.2, 0) is 0 Å². The number of rotatable bonds is 4. The summed E-state index contributed by atoms with van der Waals surface area (Å²) in [7, 11) is 0. The fraction of sp³-hybridized carbons (Fsp3) is 0.455. The normalized spacial score (nSPS) is 24.0. The first-order chi connectivity index (χ1) is 12.7. The van der Waals surface area contributed by atoms with Crippen LogP contribution in [0.3, 0.4) is 0 Å². The van der Waals surface area contributed by atoms with Crippen LogP contribution in [0, 0.1) is 12.7 Å². The third kappa shape index (κ3) is 3.41. The van der Waals surface area contributed by atoms with Gasteiger partial charge in [-0.2, -0.15) is 0 Å². The van der Waals surface area contributed by atoms with E-state index >= 15 is 0 Å². The molecule has 1 heterocycles. The number of benzene rings is 2. The summed E-state index contributed by atoms with van der Waals surface area (Å²) in [5.41, 5.74) is 5.34. The second-order valence-corrected chi connectivity index (χ2v) is 7.59. The van der Waals surface area contributed by atoms with Gasteiger partial charge in [0.05, 0.1) is 6.61 Å². The summed E-state index contributed by atoms with van der Waals surface area (Å²) >= 11 is 0. The Labute approximate surface area is 155 Å². The van der Waals surface area contributed by atoms with Gasteiger partial charge in [0.1, 0.15) is 5.82 Å². The molecule has 3 nitrogen and oxygen atoms in total. The van der Waals surface area contributed by atoms with Crippen LogP contribution in [0.15, 0.2) is 42.5 Å². The molecule has 1 N–H and O–H groups in total. The predicted octanol–water partition coefficient (Wildman–Crippen LogP) is 3.32. The molecule has 4 heteroatoms. The summed E-state index contributed by atoms with van der Waals surface area (Å²) in [5, 5.41) is 9.15. The third-order valence-electron chi connectivity index (χ3n) is 5.97. The first-order valence-electron chi connectivity index (χ1n) is 9.59. The number of nitrogens with zero attached hydrogens (tertiary/aromatic N) is 2. The maximum atomic E-state index is 13.4. The number of aliphatic hydroxyl groups excluding tert-OH is 1. The van der Waals surface area contributed by atoms with Crippen LogP contribution in [0.5, 0.6) is 0 Å². The van der Waals surface area contributed by atoms with Gasteiger partial charge in [-0.05, 0) is 42.2 Å². The number of β-amino-alcohol motifs (C(OH)–C–C–N with tert-alkyl or cyclic N) is 1. The van der Waals surface area contributed by atoms with Gasteiger partial charge in [0.2, 0.25) is 0 Å². The van der Waals surface area contributed by atoms with Crippen molar-refractivity contribution in [1.29, 1.82) is 0 Å². The second kappa shape index (κ2) is 7.47. The molecule has 0 radical (unpaired) electrons. The lowest BCUT2D eigenvalue weighted by Gasteiger charge is -2.38. The number of piperazine rings is 1. The highest BCUT2D eigenvalue weighted by Gasteiger charge is 2.36. The number of fused-ring (bicyclic) bond motifs is 1. The molecule has 0 spiro atoms. The van der Waals surface area contributed by atoms with Crippen LogP contribution in [0.1, 0.15) is 40.6 Å². The summed E-state index contributed by atoms with van der Waals surface area (Å²) in [6.07, 6.45) is 1.06. The van der Waals surface area contributed by atoms with Crippen molar-refractivity contribution in [3.63, 3.8) is 0 Å². The molecule has 2 aromatic rings. The van der Waals surface area contributed by atoms with Crippen molar-refractivity contribution in [2.45, 2.75) is 25.3 Å². The van der Waals surface area contributed by atoms with Crippen molar-refractivity contribution in [3.05, 3.63) is 70.5 Å². The highest BCUT2D eigenvalue weighted by Crippen LogP contribution is 2.47. The molecule has 0 aromatic heterocycles. The summed E-state index contributed by atoms with van der Waals surface area (Å²) in [4.78, 5) is 4.93. The Morgan fingerprint density at radius 3 is 2.42 bits per heavy atom. The van der Waals surface area contributed by atoms with E-state index in [1.54, 1.807) is 12.1 Å². The largest absolute Gasteiger partial charge is 0.395 e. The third-order valence-corrected chi connectivity index (χ3v) is 5.97. The Hall–Kier alpha value is -1.75.